The number of rotatable bonds is 6. The van der Waals surface area contributed by atoms with Crippen LogP contribution < -0.4 is 4.74 Å². The number of carboxylic acids is 1. The highest BCUT2D eigenvalue weighted by atomic mass is 32.2. The summed E-state index contributed by atoms with van der Waals surface area (Å²) in [5.74, 6) is 0.577. The summed E-state index contributed by atoms with van der Waals surface area (Å²) in [6.45, 7) is 3.88. The molecule has 112 valence electrons. The number of aryl methyl sites for hydroxylation is 1. The van der Waals surface area contributed by atoms with E-state index in [0.29, 0.717) is 11.0 Å². The van der Waals surface area contributed by atoms with E-state index in [9.17, 15) is 4.79 Å². The van der Waals surface area contributed by atoms with Crippen molar-refractivity contribution in [1.29, 1.82) is 0 Å². The average molecular weight is 307 g/mol. The van der Waals surface area contributed by atoms with Gasteiger partial charge in [-0.25, -0.2) is 0 Å². The molecule has 2 aromatic rings. The van der Waals surface area contributed by atoms with E-state index in [1.165, 1.54) is 0 Å². The molecule has 21 heavy (non-hydrogen) atoms. The summed E-state index contributed by atoms with van der Waals surface area (Å²) in [7, 11) is 1.80. The Hall–Kier alpha value is -2.02. The lowest BCUT2D eigenvalue weighted by Crippen LogP contribution is -2.12. The third-order valence-electron chi connectivity index (χ3n) is 3.01. The molecule has 0 radical (unpaired) electrons. The maximum atomic E-state index is 10.9. The van der Waals surface area contributed by atoms with Crippen molar-refractivity contribution in [3.63, 3.8) is 0 Å². The Morgan fingerprint density at radius 3 is 2.81 bits per heavy atom. The minimum Gasteiger partial charge on any atom is -0.485 e. The second-order valence-electron chi connectivity index (χ2n) is 4.61. The van der Waals surface area contributed by atoms with Crippen molar-refractivity contribution in [3.8, 4) is 5.75 Å². The van der Waals surface area contributed by atoms with Crippen LogP contribution in [0.1, 0.15) is 18.3 Å². The third kappa shape index (κ3) is 3.75. The van der Waals surface area contributed by atoms with Crippen LogP contribution >= 0.6 is 11.8 Å². The molecule has 7 heteroatoms. The summed E-state index contributed by atoms with van der Waals surface area (Å²) in [5, 5.41) is 17.0. The Kier molecular flexibility index (Phi) is 4.85. The van der Waals surface area contributed by atoms with Crippen LogP contribution in [0.5, 0.6) is 5.75 Å². The normalized spacial score (nSPS) is 12.1. The van der Waals surface area contributed by atoms with Gasteiger partial charge in [0.05, 0.1) is 0 Å². The van der Waals surface area contributed by atoms with Crippen LogP contribution in [0.15, 0.2) is 29.4 Å². The second-order valence-corrected chi connectivity index (χ2v) is 5.92. The molecular weight excluding hydrogens is 290 g/mol. The minimum atomic E-state index is -0.874. The Morgan fingerprint density at radius 1 is 1.43 bits per heavy atom. The first kappa shape index (κ1) is 15.4. The predicted molar refractivity (Wildman–Crippen MR) is 79.5 cm³/mol. The summed E-state index contributed by atoms with van der Waals surface area (Å²) < 4.78 is 7.47. The molecule has 0 saturated carbocycles. The van der Waals surface area contributed by atoms with Gasteiger partial charge in [0.2, 0.25) is 0 Å². The maximum Gasteiger partial charge on any atom is 0.316 e. The monoisotopic (exact) mass is 307 g/mol. The van der Waals surface area contributed by atoms with Crippen molar-refractivity contribution in [1.82, 2.24) is 14.8 Å². The maximum absolute atomic E-state index is 10.9. The van der Waals surface area contributed by atoms with E-state index >= 15 is 0 Å². The zero-order chi connectivity index (χ0) is 15.4. The van der Waals surface area contributed by atoms with Gasteiger partial charge in [0.1, 0.15) is 17.6 Å². The molecule has 0 fully saturated rings. The first-order valence-corrected chi connectivity index (χ1v) is 7.33. The van der Waals surface area contributed by atoms with E-state index in [2.05, 4.69) is 10.2 Å². The molecule has 1 unspecified atom stereocenters. The van der Waals surface area contributed by atoms with Crippen LogP contribution in [-0.2, 0) is 18.4 Å². The fourth-order valence-corrected chi connectivity index (χ4v) is 2.41. The first-order chi connectivity index (χ1) is 9.99. The van der Waals surface area contributed by atoms with E-state index < -0.39 is 11.2 Å². The van der Waals surface area contributed by atoms with Gasteiger partial charge in [-0.3, -0.25) is 4.79 Å². The highest BCUT2D eigenvalue weighted by molar-refractivity contribution is 8.00. The molecule has 1 atom stereocenters. The van der Waals surface area contributed by atoms with Gasteiger partial charge in [0.15, 0.2) is 11.0 Å². The number of carbonyl (C=O) groups is 1. The molecule has 2 rings (SSSR count). The Morgan fingerprint density at radius 2 is 2.14 bits per heavy atom. The number of carboxylic acid groups (broad SMARTS) is 1. The van der Waals surface area contributed by atoms with Gasteiger partial charge in [-0.15, -0.1) is 10.2 Å². The molecule has 1 heterocycles. The van der Waals surface area contributed by atoms with Gasteiger partial charge < -0.3 is 14.4 Å². The molecule has 0 saturated heterocycles. The predicted octanol–water partition coefficient (Wildman–Crippen LogP) is 2.27. The molecule has 1 N–H and O–H groups in total. The standard InChI is InChI=1S/C14H17N3O3S/c1-9-6-4-5-7-11(9)20-8-12-15-16-14(17(12)3)21-10(2)13(18)19/h4-7,10H,8H2,1-3H3,(H,18,19). The van der Waals surface area contributed by atoms with Crippen molar-refractivity contribution >= 4 is 17.7 Å². The number of hydrogen-bond acceptors (Lipinski definition) is 5. The molecule has 0 aliphatic rings. The molecule has 0 aliphatic heterocycles. The first-order valence-electron chi connectivity index (χ1n) is 6.45. The molecule has 0 bridgehead atoms. The van der Waals surface area contributed by atoms with Crippen molar-refractivity contribution in [2.24, 2.45) is 7.05 Å². The zero-order valence-corrected chi connectivity index (χ0v) is 12.9. The number of para-hydroxylation sites is 1. The SMILES string of the molecule is Cc1ccccc1OCc1nnc(SC(C)C(=O)O)n1C. The summed E-state index contributed by atoms with van der Waals surface area (Å²) in [6, 6.07) is 7.73. The van der Waals surface area contributed by atoms with Crippen molar-refractivity contribution in [2.45, 2.75) is 30.9 Å². The Balaban J connectivity index is 2.04. The number of hydrogen-bond donors (Lipinski definition) is 1. The quantitative estimate of drug-likeness (QED) is 0.825. The van der Waals surface area contributed by atoms with Crippen molar-refractivity contribution in [3.05, 3.63) is 35.7 Å². The summed E-state index contributed by atoms with van der Waals surface area (Å²) in [5.41, 5.74) is 1.05. The van der Waals surface area contributed by atoms with Gasteiger partial charge >= 0.3 is 5.97 Å². The summed E-state index contributed by atoms with van der Waals surface area (Å²) >= 11 is 1.16. The van der Waals surface area contributed by atoms with Crippen LogP contribution in [0.2, 0.25) is 0 Å². The van der Waals surface area contributed by atoms with E-state index in [1.807, 2.05) is 31.2 Å². The van der Waals surface area contributed by atoms with E-state index in [1.54, 1.807) is 18.5 Å². The Bertz CT molecular complexity index is 642. The highest BCUT2D eigenvalue weighted by Gasteiger charge is 2.18. The van der Waals surface area contributed by atoms with Crippen LogP contribution in [0.25, 0.3) is 0 Å². The number of thioether (sulfide) groups is 1. The number of benzene rings is 1. The minimum absolute atomic E-state index is 0.288. The lowest BCUT2D eigenvalue weighted by Gasteiger charge is -2.09. The second kappa shape index (κ2) is 6.62. The topological polar surface area (TPSA) is 77.2 Å². The lowest BCUT2D eigenvalue weighted by atomic mass is 10.2. The number of aliphatic carboxylic acids is 1. The molecule has 1 aromatic carbocycles. The van der Waals surface area contributed by atoms with Crippen LogP contribution in [0, 0.1) is 6.92 Å². The molecule has 0 spiro atoms. The molecular formula is C14H17N3O3S. The van der Waals surface area contributed by atoms with Crippen molar-refractivity contribution in [2.75, 3.05) is 0 Å². The van der Waals surface area contributed by atoms with E-state index in [4.69, 9.17) is 9.84 Å². The molecule has 1 aromatic heterocycles. The smallest absolute Gasteiger partial charge is 0.316 e. The number of nitrogens with zero attached hydrogens (tertiary/aromatic N) is 3. The van der Waals surface area contributed by atoms with E-state index in [0.717, 1.165) is 23.1 Å². The molecule has 0 amide bonds. The summed E-state index contributed by atoms with van der Waals surface area (Å²) in [6.07, 6.45) is 0. The molecule has 6 nitrogen and oxygen atoms in total. The van der Waals surface area contributed by atoms with Crippen molar-refractivity contribution < 1.29 is 14.6 Å². The van der Waals surface area contributed by atoms with Gasteiger partial charge in [-0.05, 0) is 25.5 Å². The van der Waals surface area contributed by atoms with Gasteiger partial charge in [0, 0.05) is 7.05 Å². The lowest BCUT2D eigenvalue weighted by molar-refractivity contribution is -0.136. The summed E-state index contributed by atoms with van der Waals surface area (Å²) in [4.78, 5) is 10.9. The largest absolute Gasteiger partial charge is 0.485 e. The van der Waals surface area contributed by atoms with Gasteiger partial charge in [0.25, 0.3) is 0 Å². The van der Waals surface area contributed by atoms with Crippen LogP contribution in [0.3, 0.4) is 0 Å². The fourth-order valence-electron chi connectivity index (χ4n) is 1.64. The Labute approximate surface area is 127 Å². The third-order valence-corrected chi connectivity index (χ3v) is 4.13. The highest BCUT2D eigenvalue weighted by Crippen LogP contribution is 2.22. The van der Waals surface area contributed by atoms with E-state index in [-0.39, 0.29) is 6.61 Å². The number of aromatic nitrogens is 3. The number of ether oxygens (including phenoxy) is 1. The van der Waals surface area contributed by atoms with Gasteiger partial charge in [-0.2, -0.15) is 0 Å². The van der Waals surface area contributed by atoms with Crippen LogP contribution in [0.4, 0.5) is 0 Å². The zero-order valence-electron chi connectivity index (χ0n) is 12.1. The average Bonchev–Trinajstić information content (AvgIpc) is 2.79. The van der Waals surface area contributed by atoms with Gasteiger partial charge in [-0.1, -0.05) is 30.0 Å². The fraction of sp³-hybridized carbons (Fsp3) is 0.357. The van der Waals surface area contributed by atoms with Crippen LogP contribution in [-0.4, -0.2) is 31.1 Å². The molecule has 0 aliphatic carbocycles.